The molecule has 0 atom stereocenters. The quantitative estimate of drug-likeness (QED) is 0.819. The number of amides is 1. The zero-order valence-corrected chi connectivity index (χ0v) is 13.2. The van der Waals surface area contributed by atoms with Crippen molar-refractivity contribution in [2.45, 2.75) is 38.8 Å². The van der Waals surface area contributed by atoms with E-state index in [4.69, 9.17) is 9.47 Å². The maximum atomic E-state index is 12.5. The summed E-state index contributed by atoms with van der Waals surface area (Å²) in [5.41, 5.74) is 3.46. The number of rotatable bonds is 5. The van der Waals surface area contributed by atoms with Crippen LogP contribution in [0.1, 0.15) is 28.7 Å². The van der Waals surface area contributed by atoms with Gasteiger partial charge < -0.3 is 24.6 Å². The Morgan fingerprint density at radius 1 is 1.09 bits per heavy atom. The Balaban J connectivity index is 1.69. The Labute approximate surface area is 135 Å². The molecule has 6 nitrogen and oxygen atoms in total. The van der Waals surface area contributed by atoms with E-state index in [0.717, 1.165) is 23.1 Å². The fourth-order valence-electron chi connectivity index (χ4n) is 3.21. The van der Waals surface area contributed by atoms with Gasteiger partial charge in [-0.15, -0.1) is 0 Å². The minimum absolute atomic E-state index is 0.0855. The van der Waals surface area contributed by atoms with Gasteiger partial charge in [0.1, 0.15) is 0 Å². The standard InChI is InChI=1S/C17H23NO5/c19-10-14-7-12-1-3-18(4-2-17-22-5-6-23-17)16(21)9-13(12)8-15(14)11-20/h7-8,17,19-20H,1-6,9-11H2. The molecule has 1 fully saturated rings. The SMILES string of the molecule is O=C1Cc2cc(CO)c(CO)cc2CCN1CCC1OCCO1. The molecule has 1 amide bonds. The summed E-state index contributed by atoms with van der Waals surface area (Å²) >= 11 is 0. The first-order valence-corrected chi connectivity index (χ1v) is 8.07. The van der Waals surface area contributed by atoms with Crippen molar-refractivity contribution in [2.24, 2.45) is 0 Å². The largest absolute Gasteiger partial charge is 0.392 e. The normalized spacial score (nSPS) is 19.0. The van der Waals surface area contributed by atoms with Gasteiger partial charge in [0.25, 0.3) is 0 Å². The lowest BCUT2D eigenvalue weighted by atomic mass is 9.96. The van der Waals surface area contributed by atoms with Gasteiger partial charge in [-0.05, 0) is 28.7 Å². The van der Waals surface area contributed by atoms with Gasteiger partial charge in [0.05, 0.1) is 32.8 Å². The Kier molecular flexibility index (Phi) is 5.27. The molecule has 1 saturated heterocycles. The molecule has 2 aliphatic rings. The number of fused-ring (bicyclic) bond motifs is 1. The number of nitrogens with zero attached hydrogens (tertiary/aromatic N) is 1. The monoisotopic (exact) mass is 321 g/mol. The number of hydrogen-bond acceptors (Lipinski definition) is 5. The van der Waals surface area contributed by atoms with Crippen molar-refractivity contribution in [1.82, 2.24) is 4.90 Å². The van der Waals surface area contributed by atoms with Gasteiger partial charge in [-0.2, -0.15) is 0 Å². The fourth-order valence-corrected chi connectivity index (χ4v) is 3.21. The molecule has 0 aliphatic carbocycles. The van der Waals surface area contributed by atoms with Crippen molar-refractivity contribution in [3.63, 3.8) is 0 Å². The summed E-state index contributed by atoms with van der Waals surface area (Å²) < 4.78 is 10.8. The van der Waals surface area contributed by atoms with E-state index in [0.29, 0.717) is 44.7 Å². The zero-order valence-electron chi connectivity index (χ0n) is 13.2. The van der Waals surface area contributed by atoms with Gasteiger partial charge >= 0.3 is 0 Å². The second-order valence-corrected chi connectivity index (χ2v) is 5.97. The highest BCUT2D eigenvalue weighted by atomic mass is 16.7. The van der Waals surface area contributed by atoms with E-state index in [1.54, 1.807) is 0 Å². The minimum atomic E-state index is -0.199. The molecule has 0 radical (unpaired) electrons. The number of benzene rings is 1. The second kappa shape index (κ2) is 7.40. The summed E-state index contributed by atoms with van der Waals surface area (Å²) in [6.07, 6.45) is 1.58. The Bertz CT molecular complexity index is 568. The number of carbonyl (C=O) groups excluding carboxylic acids is 1. The number of aliphatic hydroxyl groups is 2. The predicted octanol–water partition coefficient (Wildman–Crippen LogP) is 0.361. The highest BCUT2D eigenvalue weighted by molar-refractivity contribution is 5.80. The number of hydrogen-bond donors (Lipinski definition) is 2. The average Bonchev–Trinajstić information content (AvgIpc) is 3.03. The Morgan fingerprint density at radius 2 is 1.74 bits per heavy atom. The highest BCUT2D eigenvalue weighted by Crippen LogP contribution is 2.23. The molecule has 2 heterocycles. The summed E-state index contributed by atoms with van der Waals surface area (Å²) in [5.74, 6) is 0.0855. The van der Waals surface area contributed by atoms with Crippen molar-refractivity contribution in [3.8, 4) is 0 Å². The van der Waals surface area contributed by atoms with Crippen LogP contribution < -0.4 is 0 Å². The number of ether oxygens (including phenoxy) is 2. The fraction of sp³-hybridized carbons (Fsp3) is 0.588. The predicted molar refractivity (Wildman–Crippen MR) is 82.6 cm³/mol. The van der Waals surface area contributed by atoms with Crippen LogP contribution in [-0.4, -0.2) is 53.6 Å². The zero-order chi connectivity index (χ0) is 16.2. The number of aliphatic hydroxyl groups excluding tert-OH is 2. The van der Waals surface area contributed by atoms with Gasteiger partial charge in [-0.3, -0.25) is 4.79 Å². The lowest BCUT2D eigenvalue weighted by Gasteiger charge is -2.21. The van der Waals surface area contributed by atoms with E-state index in [1.165, 1.54) is 0 Å². The van der Waals surface area contributed by atoms with E-state index in [-0.39, 0.29) is 25.4 Å². The van der Waals surface area contributed by atoms with E-state index >= 15 is 0 Å². The van der Waals surface area contributed by atoms with Crippen LogP contribution >= 0.6 is 0 Å². The molecule has 1 aromatic rings. The molecule has 2 aliphatic heterocycles. The minimum Gasteiger partial charge on any atom is -0.392 e. The maximum Gasteiger partial charge on any atom is 0.227 e. The summed E-state index contributed by atoms with van der Waals surface area (Å²) in [6, 6.07) is 3.77. The topological polar surface area (TPSA) is 79.2 Å². The molecule has 1 aromatic carbocycles. The van der Waals surface area contributed by atoms with E-state index < -0.39 is 0 Å². The van der Waals surface area contributed by atoms with Crippen molar-refractivity contribution in [1.29, 1.82) is 0 Å². The van der Waals surface area contributed by atoms with Gasteiger partial charge in [-0.25, -0.2) is 0 Å². The molecule has 0 saturated carbocycles. The second-order valence-electron chi connectivity index (χ2n) is 5.97. The molecule has 0 bridgehead atoms. The van der Waals surface area contributed by atoms with Crippen LogP contribution in [0.25, 0.3) is 0 Å². The average molecular weight is 321 g/mol. The molecule has 0 spiro atoms. The first-order chi connectivity index (χ1) is 11.2. The summed E-state index contributed by atoms with van der Waals surface area (Å²) in [6.45, 7) is 2.30. The Morgan fingerprint density at radius 3 is 2.39 bits per heavy atom. The summed E-state index contributed by atoms with van der Waals surface area (Å²) in [7, 11) is 0. The molecule has 23 heavy (non-hydrogen) atoms. The van der Waals surface area contributed by atoms with Crippen molar-refractivity contribution in [3.05, 3.63) is 34.4 Å². The van der Waals surface area contributed by atoms with Gasteiger partial charge in [-0.1, -0.05) is 12.1 Å². The molecule has 6 heteroatoms. The van der Waals surface area contributed by atoms with E-state index in [2.05, 4.69) is 0 Å². The van der Waals surface area contributed by atoms with Crippen LogP contribution in [0.15, 0.2) is 12.1 Å². The lowest BCUT2D eigenvalue weighted by molar-refractivity contribution is -0.131. The molecular formula is C17H23NO5. The molecule has 2 N–H and O–H groups in total. The van der Waals surface area contributed by atoms with Crippen LogP contribution in [0, 0.1) is 0 Å². The van der Waals surface area contributed by atoms with Crippen LogP contribution in [-0.2, 0) is 40.3 Å². The summed E-state index contributed by atoms with van der Waals surface area (Å²) in [5, 5.41) is 18.8. The van der Waals surface area contributed by atoms with Gasteiger partial charge in [0.15, 0.2) is 6.29 Å². The van der Waals surface area contributed by atoms with Gasteiger partial charge in [0, 0.05) is 19.5 Å². The third-order valence-electron chi connectivity index (χ3n) is 4.53. The van der Waals surface area contributed by atoms with Crippen LogP contribution in [0.4, 0.5) is 0 Å². The van der Waals surface area contributed by atoms with Crippen LogP contribution in [0.3, 0.4) is 0 Å². The van der Waals surface area contributed by atoms with Crippen LogP contribution in [0.2, 0.25) is 0 Å². The van der Waals surface area contributed by atoms with Crippen LogP contribution in [0.5, 0.6) is 0 Å². The van der Waals surface area contributed by atoms with Crippen molar-refractivity contribution < 1.29 is 24.5 Å². The lowest BCUT2D eigenvalue weighted by Crippen LogP contribution is -2.34. The smallest absolute Gasteiger partial charge is 0.227 e. The highest BCUT2D eigenvalue weighted by Gasteiger charge is 2.24. The third-order valence-corrected chi connectivity index (χ3v) is 4.53. The third kappa shape index (κ3) is 3.72. The van der Waals surface area contributed by atoms with Crippen molar-refractivity contribution >= 4 is 5.91 Å². The van der Waals surface area contributed by atoms with E-state index in [9.17, 15) is 15.0 Å². The Hall–Kier alpha value is -1.47. The summed E-state index contributed by atoms with van der Waals surface area (Å²) in [4.78, 5) is 14.3. The molecule has 3 rings (SSSR count). The van der Waals surface area contributed by atoms with E-state index in [1.807, 2.05) is 17.0 Å². The molecule has 126 valence electrons. The maximum absolute atomic E-state index is 12.5. The first kappa shape index (κ1) is 16.4. The molecule has 0 aromatic heterocycles. The number of carbonyl (C=O) groups is 1. The first-order valence-electron chi connectivity index (χ1n) is 8.07. The molecule has 0 unspecified atom stereocenters. The molecular weight excluding hydrogens is 298 g/mol. The van der Waals surface area contributed by atoms with Gasteiger partial charge in [0.2, 0.25) is 5.91 Å². The van der Waals surface area contributed by atoms with Crippen molar-refractivity contribution in [2.75, 3.05) is 26.3 Å².